The Balaban J connectivity index is 2.01. The van der Waals surface area contributed by atoms with Crippen molar-refractivity contribution in [2.75, 3.05) is 0 Å². The minimum absolute atomic E-state index is 0.0660. The number of nitrogens with one attached hydrogen (secondary N) is 1. The lowest BCUT2D eigenvalue weighted by Gasteiger charge is -2.33. The Labute approximate surface area is 62.0 Å². The van der Waals surface area contributed by atoms with Gasteiger partial charge < -0.3 is 0 Å². The van der Waals surface area contributed by atoms with E-state index in [9.17, 15) is 0 Å². The van der Waals surface area contributed by atoms with Crippen molar-refractivity contribution < 1.29 is 0 Å². The van der Waals surface area contributed by atoms with E-state index in [0.29, 0.717) is 0 Å². The van der Waals surface area contributed by atoms with Gasteiger partial charge in [0.1, 0.15) is 0 Å². The first-order chi connectivity index (χ1) is 4.75. The molecule has 4 bridgehead atoms. The van der Waals surface area contributed by atoms with Gasteiger partial charge in [-0.15, -0.1) is 0 Å². The van der Waals surface area contributed by atoms with Gasteiger partial charge in [-0.3, -0.25) is 5.73 Å². The van der Waals surface area contributed by atoms with Crippen LogP contribution in [-0.4, -0.2) is 5.54 Å². The van der Waals surface area contributed by atoms with Gasteiger partial charge in [0.05, 0.1) is 0 Å². The average molecular weight is 136 g/mol. The summed E-state index contributed by atoms with van der Waals surface area (Å²) >= 11 is 0. The molecule has 1 radical (unpaired) electrons. The molecular weight excluding hydrogens is 122 g/mol. The first-order valence-corrected chi connectivity index (χ1v) is 4.50. The van der Waals surface area contributed by atoms with Crippen molar-refractivity contribution in [3.63, 3.8) is 0 Å². The van der Waals surface area contributed by atoms with E-state index in [2.05, 4.69) is 0 Å². The molecule has 0 aromatic rings. The predicted molar refractivity (Wildman–Crippen MR) is 39.4 cm³/mol. The van der Waals surface area contributed by atoms with Crippen LogP contribution in [0, 0.1) is 17.8 Å². The van der Waals surface area contributed by atoms with Crippen molar-refractivity contribution in [3.05, 3.63) is 0 Å². The second kappa shape index (κ2) is 1.42. The molecule has 2 atom stereocenters. The molecule has 0 aliphatic heterocycles. The monoisotopic (exact) mass is 136 g/mol. The lowest BCUT2D eigenvalue weighted by molar-refractivity contribution is 0.226. The molecule has 1 N–H and O–H groups in total. The Kier molecular flexibility index (Phi) is 0.797. The molecule has 4 saturated carbocycles. The Morgan fingerprint density at radius 2 is 1.60 bits per heavy atom. The standard InChI is InChI=1S/C9H14N/c10-9-3-6-1-7(4-9)8(2-6)5-9/h6-8,10H,1-5H2. The van der Waals surface area contributed by atoms with Crippen LogP contribution in [0.25, 0.3) is 0 Å². The van der Waals surface area contributed by atoms with E-state index in [1.165, 1.54) is 32.1 Å². The van der Waals surface area contributed by atoms with Crippen molar-refractivity contribution in [3.8, 4) is 0 Å². The van der Waals surface area contributed by atoms with Crippen LogP contribution in [0.3, 0.4) is 0 Å². The fourth-order valence-electron chi connectivity index (χ4n) is 3.81. The minimum Gasteiger partial charge on any atom is -0.251 e. The minimum atomic E-state index is 0.0660. The topological polar surface area (TPSA) is 23.8 Å². The van der Waals surface area contributed by atoms with Gasteiger partial charge in [-0.2, -0.15) is 0 Å². The van der Waals surface area contributed by atoms with Gasteiger partial charge in [0.2, 0.25) is 0 Å². The average Bonchev–Trinajstić information content (AvgIpc) is 2.16. The van der Waals surface area contributed by atoms with Crippen LogP contribution in [0.4, 0.5) is 0 Å². The zero-order valence-electron chi connectivity index (χ0n) is 6.27. The van der Waals surface area contributed by atoms with Gasteiger partial charge in [0, 0.05) is 5.54 Å². The summed E-state index contributed by atoms with van der Waals surface area (Å²) in [5.41, 5.74) is 8.14. The number of rotatable bonds is 0. The molecule has 4 fully saturated rings. The van der Waals surface area contributed by atoms with Crippen molar-refractivity contribution >= 4 is 0 Å². The third-order valence-electron chi connectivity index (χ3n) is 3.92. The molecular formula is C9H14N. The van der Waals surface area contributed by atoms with Crippen molar-refractivity contribution in [1.29, 1.82) is 0 Å². The Hall–Kier alpha value is -0.0400. The molecule has 0 amide bonds. The highest BCUT2D eigenvalue weighted by molar-refractivity contribution is 5.08. The maximum absolute atomic E-state index is 8.07. The molecule has 2 unspecified atom stereocenters. The fourth-order valence-corrected chi connectivity index (χ4v) is 3.81. The number of hydrogen-bond donors (Lipinski definition) is 0. The van der Waals surface area contributed by atoms with E-state index >= 15 is 0 Å². The molecule has 0 saturated heterocycles. The zero-order valence-corrected chi connectivity index (χ0v) is 6.27. The molecule has 1 heteroatoms. The Morgan fingerprint density at radius 3 is 2.00 bits per heavy atom. The molecule has 0 aromatic heterocycles. The van der Waals surface area contributed by atoms with Crippen LogP contribution >= 0.6 is 0 Å². The third-order valence-corrected chi connectivity index (χ3v) is 3.92. The lowest BCUT2D eigenvalue weighted by Crippen LogP contribution is -2.35. The summed E-state index contributed by atoms with van der Waals surface area (Å²) in [7, 11) is 0. The molecule has 1 nitrogen and oxygen atoms in total. The van der Waals surface area contributed by atoms with Crippen molar-refractivity contribution in [1.82, 2.24) is 5.73 Å². The van der Waals surface area contributed by atoms with Crippen LogP contribution in [0.15, 0.2) is 0 Å². The summed E-state index contributed by atoms with van der Waals surface area (Å²) in [6.07, 6.45) is 6.68. The van der Waals surface area contributed by atoms with E-state index < -0.39 is 0 Å². The van der Waals surface area contributed by atoms with Gasteiger partial charge in [0.15, 0.2) is 0 Å². The van der Waals surface area contributed by atoms with Gasteiger partial charge in [0.25, 0.3) is 0 Å². The van der Waals surface area contributed by atoms with Gasteiger partial charge >= 0.3 is 0 Å². The molecule has 0 heterocycles. The summed E-state index contributed by atoms with van der Waals surface area (Å²) in [5.74, 6) is 2.93. The SMILES string of the molecule is [NH]C12CC3CC(C1)C(C3)C2. The highest BCUT2D eigenvalue weighted by Crippen LogP contribution is 2.59. The Bertz CT molecular complexity index is 156. The third kappa shape index (κ3) is 0.531. The van der Waals surface area contributed by atoms with E-state index in [4.69, 9.17) is 5.73 Å². The maximum Gasteiger partial charge on any atom is 0.0332 e. The second-order valence-electron chi connectivity index (χ2n) is 4.75. The predicted octanol–water partition coefficient (Wildman–Crippen LogP) is 1.85. The summed E-state index contributed by atoms with van der Waals surface area (Å²) in [6.45, 7) is 0. The van der Waals surface area contributed by atoms with Crippen LogP contribution in [0.5, 0.6) is 0 Å². The molecule has 10 heavy (non-hydrogen) atoms. The summed E-state index contributed by atoms with van der Waals surface area (Å²) in [4.78, 5) is 0. The van der Waals surface area contributed by atoms with Crippen LogP contribution in [0.2, 0.25) is 0 Å². The molecule has 0 spiro atoms. The summed E-state index contributed by atoms with van der Waals surface area (Å²) in [5, 5.41) is 0. The van der Waals surface area contributed by atoms with Gasteiger partial charge in [-0.25, -0.2) is 0 Å². The second-order valence-corrected chi connectivity index (χ2v) is 4.75. The quantitative estimate of drug-likeness (QED) is 0.485. The first kappa shape index (κ1) is 5.59. The van der Waals surface area contributed by atoms with Crippen LogP contribution < -0.4 is 5.73 Å². The van der Waals surface area contributed by atoms with Crippen LogP contribution in [0.1, 0.15) is 32.1 Å². The van der Waals surface area contributed by atoms with E-state index in [-0.39, 0.29) is 5.54 Å². The Morgan fingerprint density at radius 1 is 1.00 bits per heavy atom. The molecule has 55 valence electrons. The summed E-state index contributed by atoms with van der Waals surface area (Å²) in [6, 6.07) is 0. The largest absolute Gasteiger partial charge is 0.251 e. The van der Waals surface area contributed by atoms with Crippen molar-refractivity contribution in [2.24, 2.45) is 17.8 Å². The normalized spacial score (nSPS) is 63.9. The zero-order chi connectivity index (χ0) is 6.77. The maximum atomic E-state index is 8.07. The first-order valence-electron chi connectivity index (χ1n) is 4.50. The van der Waals surface area contributed by atoms with Crippen LogP contribution in [-0.2, 0) is 0 Å². The molecule has 0 aromatic carbocycles. The smallest absolute Gasteiger partial charge is 0.0332 e. The molecule has 4 aliphatic rings. The highest BCUT2D eigenvalue weighted by atomic mass is 14.8. The van der Waals surface area contributed by atoms with E-state index in [1.54, 1.807) is 0 Å². The fraction of sp³-hybridized carbons (Fsp3) is 1.00. The number of hydrogen-bond acceptors (Lipinski definition) is 0. The van der Waals surface area contributed by atoms with Gasteiger partial charge in [-0.1, -0.05) is 0 Å². The van der Waals surface area contributed by atoms with Gasteiger partial charge in [-0.05, 0) is 49.9 Å². The lowest BCUT2D eigenvalue weighted by atomic mass is 9.77. The summed E-state index contributed by atoms with van der Waals surface area (Å²) < 4.78 is 0. The van der Waals surface area contributed by atoms with E-state index in [0.717, 1.165) is 17.8 Å². The molecule has 4 aliphatic carbocycles. The van der Waals surface area contributed by atoms with E-state index in [1.807, 2.05) is 0 Å². The highest BCUT2D eigenvalue weighted by Gasteiger charge is 2.54. The van der Waals surface area contributed by atoms with Crippen molar-refractivity contribution in [2.45, 2.75) is 37.6 Å². The molecule has 4 rings (SSSR count).